The topological polar surface area (TPSA) is 45.9 Å². The molecular weight excluding hydrogens is 312 g/mol. The molecule has 2 atom stereocenters. The zero-order chi connectivity index (χ0) is 14.0. The third-order valence-electron chi connectivity index (χ3n) is 3.60. The molecule has 19 heavy (non-hydrogen) atoms. The van der Waals surface area contributed by atoms with Gasteiger partial charge in [0.1, 0.15) is 0 Å². The lowest BCUT2D eigenvalue weighted by atomic mass is 10.2. The molecular formula is C13H19BrN2O3. The van der Waals surface area contributed by atoms with E-state index >= 15 is 0 Å². The molecule has 1 aliphatic rings. The average molecular weight is 331 g/mol. The van der Waals surface area contributed by atoms with Gasteiger partial charge in [-0.15, -0.1) is 0 Å². The summed E-state index contributed by atoms with van der Waals surface area (Å²) in [5.74, 6) is 0.262. The van der Waals surface area contributed by atoms with Crippen LogP contribution in [-0.4, -0.2) is 62.1 Å². The van der Waals surface area contributed by atoms with Gasteiger partial charge in [-0.3, -0.25) is 9.69 Å². The molecule has 1 aromatic heterocycles. The Bertz CT molecular complexity index is 449. The molecule has 0 saturated carbocycles. The minimum Gasteiger partial charge on any atom is -0.444 e. The quantitative estimate of drug-likeness (QED) is 0.845. The van der Waals surface area contributed by atoms with Crippen LogP contribution in [0.2, 0.25) is 0 Å². The molecule has 2 heterocycles. The maximum Gasteiger partial charge on any atom is 0.289 e. The number of rotatable bonds is 4. The minimum absolute atomic E-state index is 0.0973. The fraction of sp³-hybridized carbons (Fsp3) is 0.615. The number of methoxy groups -OCH3 is 1. The molecule has 2 rings (SSSR count). The number of amides is 1. The van der Waals surface area contributed by atoms with E-state index in [4.69, 9.17) is 9.15 Å². The maximum absolute atomic E-state index is 12.2. The predicted octanol–water partition coefficient (Wildman–Crippen LogP) is 1.83. The summed E-state index contributed by atoms with van der Waals surface area (Å²) in [6.45, 7) is 1.59. The van der Waals surface area contributed by atoms with Gasteiger partial charge in [-0.05, 0) is 41.5 Å². The molecule has 1 fully saturated rings. The second-order valence-corrected chi connectivity index (χ2v) is 5.76. The Morgan fingerprint density at radius 2 is 2.37 bits per heavy atom. The lowest BCUT2D eigenvalue weighted by molar-refractivity contribution is 0.0727. The van der Waals surface area contributed by atoms with Crippen LogP contribution in [0.5, 0.6) is 0 Å². The monoisotopic (exact) mass is 330 g/mol. The van der Waals surface area contributed by atoms with E-state index in [1.807, 2.05) is 0 Å². The molecule has 106 valence electrons. The third-order valence-corrected chi connectivity index (χ3v) is 4.02. The Balaban J connectivity index is 1.94. The van der Waals surface area contributed by atoms with E-state index < -0.39 is 0 Å². The molecule has 0 aliphatic carbocycles. The van der Waals surface area contributed by atoms with Gasteiger partial charge in [0, 0.05) is 33.3 Å². The van der Waals surface area contributed by atoms with Crippen LogP contribution in [-0.2, 0) is 4.74 Å². The summed E-state index contributed by atoms with van der Waals surface area (Å²) >= 11 is 3.20. The lowest BCUT2D eigenvalue weighted by Crippen LogP contribution is -2.39. The Morgan fingerprint density at radius 3 is 2.89 bits per heavy atom. The molecule has 0 spiro atoms. The number of hydrogen-bond donors (Lipinski definition) is 0. The van der Waals surface area contributed by atoms with E-state index in [1.54, 1.807) is 31.2 Å². The summed E-state index contributed by atoms with van der Waals surface area (Å²) in [7, 11) is 5.59. The smallest absolute Gasteiger partial charge is 0.289 e. The van der Waals surface area contributed by atoms with Gasteiger partial charge in [0.05, 0.1) is 6.10 Å². The Hall–Kier alpha value is -0.850. The van der Waals surface area contributed by atoms with E-state index in [2.05, 4.69) is 27.9 Å². The molecule has 1 aliphatic heterocycles. The fourth-order valence-corrected chi connectivity index (χ4v) is 2.74. The molecule has 5 nitrogen and oxygen atoms in total. The maximum atomic E-state index is 12.2. The molecule has 0 unspecified atom stereocenters. The highest BCUT2D eigenvalue weighted by Gasteiger charge is 2.31. The first-order chi connectivity index (χ1) is 9.01. The molecule has 1 saturated heterocycles. The fourth-order valence-electron chi connectivity index (χ4n) is 2.43. The van der Waals surface area contributed by atoms with Gasteiger partial charge in [-0.2, -0.15) is 0 Å². The first-order valence-corrected chi connectivity index (χ1v) is 7.04. The zero-order valence-electron chi connectivity index (χ0n) is 11.4. The van der Waals surface area contributed by atoms with Crippen LogP contribution in [0.25, 0.3) is 0 Å². The van der Waals surface area contributed by atoms with E-state index in [1.165, 1.54) is 0 Å². The summed E-state index contributed by atoms with van der Waals surface area (Å²) in [5.41, 5.74) is 0. The van der Waals surface area contributed by atoms with Crippen molar-refractivity contribution in [1.82, 2.24) is 9.80 Å². The van der Waals surface area contributed by atoms with Gasteiger partial charge in [0.15, 0.2) is 10.4 Å². The highest BCUT2D eigenvalue weighted by atomic mass is 79.9. The SMILES string of the molecule is CO[C@H]1C[C@@H](CN(C)C(=O)c2ccc(Br)o2)N(C)C1. The van der Waals surface area contributed by atoms with Gasteiger partial charge in [-0.25, -0.2) is 0 Å². The van der Waals surface area contributed by atoms with Crippen molar-refractivity contribution in [2.24, 2.45) is 0 Å². The number of ether oxygens (including phenoxy) is 1. The summed E-state index contributed by atoms with van der Waals surface area (Å²) < 4.78 is 11.2. The number of halogens is 1. The van der Waals surface area contributed by atoms with E-state index in [-0.39, 0.29) is 12.0 Å². The van der Waals surface area contributed by atoms with Crippen molar-refractivity contribution in [2.75, 3.05) is 34.3 Å². The lowest BCUT2D eigenvalue weighted by Gasteiger charge is -2.24. The van der Waals surface area contributed by atoms with Crippen molar-refractivity contribution in [1.29, 1.82) is 0 Å². The van der Waals surface area contributed by atoms with Crippen LogP contribution >= 0.6 is 15.9 Å². The summed E-state index contributed by atoms with van der Waals surface area (Å²) in [6.07, 6.45) is 1.21. The van der Waals surface area contributed by atoms with Crippen molar-refractivity contribution >= 4 is 21.8 Å². The number of carbonyl (C=O) groups is 1. The normalized spacial score (nSPS) is 23.8. The highest BCUT2D eigenvalue weighted by molar-refractivity contribution is 9.10. The average Bonchev–Trinajstić information content (AvgIpc) is 2.95. The Labute approximate surface area is 121 Å². The van der Waals surface area contributed by atoms with Crippen LogP contribution < -0.4 is 0 Å². The number of likely N-dealkylation sites (tertiary alicyclic amines) is 1. The van der Waals surface area contributed by atoms with Crippen LogP contribution in [0.1, 0.15) is 17.0 Å². The third kappa shape index (κ3) is 3.38. The van der Waals surface area contributed by atoms with Crippen molar-refractivity contribution in [3.05, 3.63) is 22.6 Å². The van der Waals surface area contributed by atoms with E-state index in [0.717, 1.165) is 13.0 Å². The predicted molar refractivity (Wildman–Crippen MR) is 75.2 cm³/mol. The van der Waals surface area contributed by atoms with Gasteiger partial charge in [-0.1, -0.05) is 0 Å². The Morgan fingerprint density at radius 1 is 1.63 bits per heavy atom. The zero-order valence-corrected chi connectivity index (χ0v) is 13.0. The molecule has 1 aromatic rings. The van der Waals surface area contributed by atoms with Gasteiger partial charge in [0.25, 0.3) is 5.91 Å². The molecule has 0 bridgehead atoms. The minimum atomic E-state index is -0.0973. The Kier molecular flexibility index (Phi) is 4.65. The molecule has 6 heteroatoms. The van der Waals surface area contributed by atoms with Crippen molar-refractivity contribution in [2.45, 2.75) is 18.6 Å². The first kappa shape index (κ1) is 14.6. The van der Waals surface area contributed by atoms with Crippen molar-refractivity contribution < 1.29 is 13.9 Å². The van der Waals surface area contributed by atoms with Gasteiger partial charge < -0.3 is 14.1 Å². The second-order valence-electron chi connectivity index (χ2n) is 4.98. The number of furan rings is 1. The first-order valence-electron chi connectivity index (χ1n) is 6.25. The van der Waals surface area contributed by atoms with E-state index in [9.17, 15) is 4.79 Å². The number of hydrogen-bond acceptors (Lipinski definition) is 4. The summed E-state index contributed by atoms with van der Waals surface area (Å²) in [6, 6.07) is 3.74. The summed E-state index contributed by atoms with van der Waals surface area (Å²) in [5, 5.41) is 0. The van der Waals surface area contributed by atoms with E-state index in [0.29, 0.717) is 23.0 Å². The summed E-state index contributed by atoms with van der Waals surface area (Å²) in [4.78, 5) is 16.1. The van der Waals surface area contributed by atoms with Gasteiger partial charge >= 0.3 is 0 Å². The van der Waals surface area contributed by atoms with Crippen LogP contribution in [0.4, 0.5) is 0 Å². The van der Waals surface area contributed by atoms with Crippen molar-refractivity contribution in [3.8, 4) is 0 Å². The van der Waals surface area contributed by atoms with Crippen LogP contribution in [0.15, 0.2) is 21.2 Å². The second kappa shape index (κ2) is 6.07. The van der Waals surface area contributed by atoms with Crippen molar-refractivity contribution in [3.63, 3.8) is 0 Å². The number of carbonyl (C=O) groups excluding carboxylic acids is 1. The van der Waals surface area contributed by atoms with Crippen LogP contribution in [0, 0.1) is 0 Å². The highest BCUT2D eigenvalue weighted by Crippen LogP contribution is 2.20. The largest absolute Gasteiger partial charge is 0.444 e. The van der Waals surface area contributed by atoms with Crippen LogP contribution in [0.3, 0.4) is 0 Å². The molecule has 1 amide bonds. The molecule has 0 radical (unpaired) electrons. The number of nitrogens with zero attached hydrogens (tertiary/aromatic N) is 2. The number of likely N-dealkylation sites (N-methyl/N-ethyl adjacent to an activating group) is 2. The standard InChI is InChI=1S/C13H19BrN2O3/c1-15-8-10(18-3)6-9(15)7-16(2)13(17)11-4-5-12(14)19-11/h4-5,9-10H,6-8H2,1-3H3/t9-,10-/m0/s1. The molecule has 0 N–H and O–H groups in total. The molecule has 0 aromatic carbocycles. The van der Waals surface area contributed by atoms with Gasteiger partial charge in [0.2, 0.25) is 0 Å².